The van der Waals surface area contributed by atoms with Gasteiger partial charge in [-0.3, -0.25) is 9.59 Å². The van der Waals surface area contributed by atoms with E-state index in [-0.39, 0.29) is 23.8 Å². The average molecular weight is 267 g/mol. The van der Waals surface area contributed by atoms with Crippen molar-refractivity contribution >= 4 is 11.8 Å². The fourth-order valence-electron chi connectivity index (χ4n) is 1.94. The Hall–Kier alpha value is -1.61. The Morgan fingerprint density at radius 1 is 1.53 bits per heavy atom. The molecule has 0 aromatic heterocycles. The molecule has 1 fully saturated rings. The molecule has 0 radical (unpaired) electrons. The average Bonchev–Trinajstić information content (AvgIpc) is 2.37. The molecule has 6 heteroatoms. The maximum atomic E-state index is 12.2. The van der Waals surface area contributed by atoms with E-state index in [2.05, 4.69) is 16.7 Å². The summed E-state index contributed by atoms with van der Waals surface area (Å²) in [7, 11) is 0. The minimum atomic E-state index is -0.872. The van der Waals surface area contributed by atoms with Crippen molar-refractivity contribution in [2.24, 2.45) is 5.92 Å². The van der Waals surface area contributed by atoms with Crippen molar-refractivity contribution in [3.63, 3.8) is 0 Å². The van der Waals surface area contributed by atoms with Crippen LogP contribution in [-0.2, 0) is 9.59 Å². The lowest BCUT2D eigenvalue weighted by Gasteiger charge is -2.32. The fourth-order valence-corrected chi connectivity index (χ4v) is 1.94. The van der Waals surface area contributed by atoms with Crippen LogP contribution in [0.1, 0.15) is 27.7 Å². The number of rotatable bonds is 4. The quantitative estimate of drug-likeness (QED) is 0.576. The van der Waals surface area contributed by atoms with E-state index in [1.807, 2.05) is 13.8 Å². The van der Waals surface area contributed by atoms with Gasteiger partial charge in [-0.05, 0) is 19.8 Å². The van der Waals surface area contributed by atoms with Crippen LogP contribution in [-0.4, -0.2) is 43.0 Å². The second-order valence-corrected chi connectivity index (χ2v) is 5.61. The second-order valence-electron chi connectivity index (χ2n) is 5.61. The molecule has 1 aliphatic heterocycles. The van der Waals surface area contributed by atoms with Gasteiger partial charge < -0.3 is 15.5 Å². The molecule has 106 valence electrons. The maximum Gasteiger partial charge on any atom is 0.279 e. The predicted molar refractivity (Wildman–Crippen MR) is 70.2 cm³/mol. The first-order valence-electron chi connectivity index (χ1n) is 6.64. The third kappa shape index (κ3) is 3.67. The highest BCUT2D eigenvalue weighted by molar-refractivity contribution is 5.82. The molecular formula is C13H23N4O2+. The van der Waals surface area contributed by atoms with Gasteiger partial charge in [0.15, 0.2) is 12.6 Å². The van der Waals surface area contributed by atoms with Crippen molar-refractivity contribution in [3.05, 3.63) is 0 Å². The number of nitriles is 1. The van der Waals surface area contributed by atoms with Crippen LogP contribution in [0.2, 0.25) is 0 Å². The van der Waals surface area contributed by atoms with Crippen molar-refractivity contribution in [2.45, 2.75) is 39.3 Å². The van der Waals surface area contributed by atoms with E-state index in [0.29, 0.717) is 13.1 Å². The highest BCUT2D eigenvalue weighted by Gasteiger charge is 2.36. The normalized spacial score (nSPS) is 24.0. The molecule has 1 heterocycles. The standard InChI is InChI=1S/C13H22N4O2/c1-9(2)13(4,8-14)16-12(19)10(3)17-6-5-15-11(18)7-17/h9-10H,5-7H2,1-4H3,(H,15,18)(H,16,19)/p+1/t10-,13+/m1/s1. The third-order valence-corrected chi connectivity index (χ3v) is 3.93. The Morgan fingerprint density at radius 2 is 2.16 bits per heavy atom. The number of nitrogens with one attached hydrogen (secondary N) is 3. The van der Waals surface area contributed by atoms with Gasteiger partial charge in [0.1, 0.15) is 5.54 Å². The molecule has 0 spiro atoms. The molecule has 19 heavy (non-hydrogen) atoms. The van der Waals surface area contributed by atoms with E-state index in [1.54, 1.807) is 13.8 Å². The monoisotopic (exact) mass is 267 g/mol. The molecule has 1 saturated heterocycles. The first-order chi connectivity index (χ1) is 8.80. The molecule has 3 N–H and O–H groups in total. The van der Waals surface area contributed by atoms with Crippen molar-refractivity contribution in [1.82, 2.24) is 10.6 Å². The van der Waals surface area contributed by atoms with Crippen LogP contribution in [0.5, 0.6) is 0 Å². The number of quaternary nitrogens is 1. The molecule has 2 amide bonds. The minimum absolute atomic E-state index is 0.0216. The fraction of sp³-hybridized carbons (Fsp3) is 0.769. The van der Waals surface area contributed by atoms with Crippen LogP contribution in [0.25, 0.3) is 0 Å². The van der Waals surface area contributed by atoms with E-state index in [9.17, 15) is 14.9 Å². The van der Waals surface area contributed by atoms with Crippen LogP contribution < -0.4 is 15.5 Å². The van der Waals surface area contributed by atoms with Gasteiger partial charge in [0, 0.05) is 0 Å². The van der Waals surface area contributed by atoms with Crippen LogP contribution in [0.15, 0.2) is 0 Å². The topological polar surface area (TPSA) is 86.4 Å². The number of amides is 2. The van der Waals surface area contributed by atoms with Gasteiger partial charge in [0.2, 0.25) is 0 Å². The molecular weight excluding hydrogens is 244 g/mol. The highest BCUT2D eigenvalue weighted by Crippen LogP contribution is 2.14. The van der Waals surface area contributed by atoms with Crippen molar-refractivity contribution < 1.29 is 14.5 Å². The molecule has 0 bridgehead atoms. The Bertz CT molecular complexity index is 402. The molecule has 0 aliphatic carbocycles. The predicted octanol–water partition coefficient (Wildman–Crippen LogP) is -1.56. The zero-order chi connectivity index (χ0) is 14.6. The molecule has 0 aromatic carbocycles. The highest BCUT2D eigenvalue weighted by atomic mass is 16.2. The van der Waals surface area contributed by atoms with Gasteiger partial charge in [0.05, 0.1) is 19.2 Å². The lowest BCUT2D eigenvalue weighted by Crippen LogP contribution is -3.19. The van der Waals surface area contributed by atoms with Crippen LogP contribution in [0, 0.1) is 17.2 Å². The number of nitrogens with zero attached hydrogens (tertiary/aromatic N) is 1. The molecule has 1 unspecified atom stereocenters. The smallest absolute Gasteiger partial charge is 0.279 e. The third-order valence-electron chi connectivity index (χ3n) is 3.93. The van der Waals surface area contributed by atoms with E-state index >= 15 is 0 Å². The first-order valence-corrected chi connectivity index (χ1v) is 6.64. The molecule has 0 aromatic rings. The zero-order valence-corrected chi connectivity index (χ0v) is 12.0. The van der Waals surface area contributed by atoms with Crippen LogP contribution in [0.4, 0.5) is 0 Å². The van der Waals surface area contributed by atoms with Gasteiger partial charge in [-0.15, -0.1) is 0 Å². The maximum absolute atomic E-state index is 12.2. The van der Waals surface area contributed by atoms with E-state index in [4.69, 9.17) is 0 Å². The molecule has 1 rings (SSSR count). The summed E-state index contributed by atoms with van der Waals surface area (Å²) in [6.45, 7) is 8.93. The van der Waals surface area contributed by atoms with Crippen molar-refractivity contribution in [3.8, 4) is 6.07 Å². The number of carbonyl (C=O) groups is 2. The molecule has 3 atom stereocenters. The molecule has 6 nitrogen and oxygen atoms in total. The van der Waals surface area contributed by atoms with E-state index in [0.717, 1.165) is 11.4 Å². The SMILES string of the molecule is CC(C)[C@](C)(C#N)NC(=O)[C@@H](C)[NH+]1CCNC(=O)C1. The zero-order valence-electron chi connectivity index (χ0n) is 12.0. The van der Waals surface area contributed by atoms with Crippen LogP contribution in [0.3, 0.4) is 0 Å². The number of carbonyl (C=O) groups excluding carboxylic acids is 2. The summed E-state index contributed by atoms with van der Waals surface area (Å²) in [5.41, 5.74) is -0.872. The Morgan fingerprint density at radius 3 is 2.63 bits per heavy atom. The van der Waals surface area contributed by atoms with Gasteiger partial charge in [-0.2, -0.15) is 5.26 Å². The lowest BCUT2D eigenvalue weighted by atomic mass is 9.89. The van der Waals surface area contributed by atoms with E-state index in [1.165, 1.54) is 0 Å². The summed E-state index contributed by atoms with van der Waals surface area (Å²) in [4.78, 5) is 24.5. The second kappa shape index (κ2) is 6.02. The Labute approximate surface area is 114 Å². The number of hydrogen-bond donors (Lipinski definition) is 3. The summed E-state index contributed by atoms with van der Waals surface area (Å²) in [5, 5.41) is 14.7. The van der Waals surface area contributed by atoms with Gasteiger partial charge in [-0.1, -0.05) is 13.8 Å². The Kier molecular flexibility index (Phi) is 4.90. The summed E-state index contributed by atoms with van der Waals surface area (Å²) < 4.78 is 0. The summed E-state index contributed by atoms with van der Waals surface area (Å²) in [6, 6.07) is 1.82. The van der Waals surface area contributed by atoms with Crippen LogP contribution >= 0.6 is 0 Å². The summed E-state index contributed by atoms with van der Waals surface area (Å²) in [5.74, 6) is -0.191. The first kappa shape index (κ1) is 15.4. The van der Waals surface area contributed by atoms with Crippen molar-refractivity contribution in [2.75, 3.05) is 19.6 Å². The van der Waals surface area contributed by atoms with Gasteiger partial charge in [-0.25, -0.2) is 0 Å². The minimum Gasteiger partial charge on any atom is -0.346 e. The number of hydrogen-bond acceptors (Lipinski definition) is 3. The molecule has 1 aliphatic rings. The Balaban J connectivity index is 2.67. The summed E-state index contributed by atoms with van der Waals surface area (Å²) >= 11 is 0. The summed E-state index contributed by atoms with van der Waals surface area (Å²) in [6.07, 6.45) is 0. The van der Waals surface area contributed by atoms with E-state index < -0.39 is 5.54 Å². The van der Waals surface area contributed by atoms with Crippen molar-refractivity contribution in [1.29, 1.82) is 5.26 Å². The van der Waals surface area contributed by atoms with Gasteiger partial charge >= 0.3 is 0 Å². The largest absolute Gasteiger partial charge is 0.346 e. The lowest BCUT2D eigenvalue weighted by molar-refractivity contribution is -0.907. The van der Waals surface area contributed by atoms with Gasteiger partial charge in [0.25, 0.3) is 11.8 Å². The molecule has 0 saturated carbocycles. The number of piperazine rings is 1.